The van der Waals surface area contributed by atoms with Crippen LogP contribution >= 0.6 is 0 Å². The Morgan fingerprint density at radius 1 is 1.16 bits per heavy atom. The Labute approximate surface area is 116 Å². The Morgan fingerprint density at radius 3 is 2.16 bits per heavy atom. The van der Waals surface area contributed by atoms with Crippen LogP contribution in [0.4, 0.5) is 4.79 Å². The van der Waals surface area contributed by atoms with E-state index in [9.17, 15) is 9.59 Å². The summed E-state index contributed by atoms with van der Waals surface area (Å²) in [5.74, 6) is -1.42. The zero-order valence-electron chi connectivity index (χ0n) is 12.7. The Balaban J connectivity index is 4.29. The van der Waals surface area contributed by atoms with Crippen LogP contribution in [-0.4, -0.2) is 79.1 Å². The lowest BCUT2D eigenvalue weighted by atomic mass is 10.2. The predicted molar refractivity (Wildman–Crippen MR) is 75.2 cm³/mol. The summed E-state index contributed by atoms with van der Waals surface area (Å²) in [7, 11) is 5.75. The van der Waals surface area contributed by atoms with Crippen molar-refractivity contribution in [3.05, 3.63) is 0 Å². The van der Waals surface area contributed by atoms with Gasteiger partial charge in [0.15, 0.2) is 0 Å². The van der Waals surface area contributed by atoms with E-state index in [0.29, 0.717) is 13.1 Å². The van der Waals surface area contributed by atoms with Crippen LogP contribution in [-0.2, 0) is 4.79 Å². The average Bonchev–Trinajstić information content (AvgIpc) is 2.33. The molecule has 0 spiro atoms. The second-order valence-corrected chi connectivity index (χ2v) is 5.14. The zero-order chi connectivity index (χ0) is 15.0. The van der Waals surface area contributed by atoms with Crippen molar-refractivity contribution in [3.8, 4) is 0 Å². The highest BCUT2D eigenvalue weighted by Crippen LogP contribution is 2.04. The van der Waals surface area contributed by atoms with E-state index in [1.165, 1.54) is 0 Å². The van der Waals surface area contributed by atoms with E-state index >= 15 is 0 Å². The van der Waals surface area contributed by atoms with Gasteiger partial charge in [-0.25, -0.2) is 4.79 Å². The van der Waals surface area contributed by atoms with E-state index in [-0.39, 0.29) is 12.6 Å². The average molecular weight is 273 g/mol. The number of hydrogen-bond acceptors (Lipinski definition) is 3. The summed E-state index contributed by atoms with van der Waals surface area (Å²) in [6, 6.07) is -0.102. The van der Waals surface area contributed by atoms with Crippen LogP contribution in [0.1, 0.15) is 20.3 Å². The predicted octanol–water partition coefficient (Wildman–Crippen LogP) is 1.03. The molecule has 0 rings (SSSR count). The number of amides is 2. The van der Waals surface area contributed by atoms with Gasteiger partial charge in [0.25, 0.3) is 0 Å². The van der Waals surface area contributed by atoms with Crippen LogP contribution in [0, 0.1) is 5.92 Å². The van der Waals surface area contributed by atoms with Gasteiger partial charge in [0.2, 0.25) is 0 Å². The lowest BCUT2D eigenvalue weighted by Crippen LogP contribution is -2.44. The van der Waals surface area contributed by atoms with Crippen LogP contribution in [0.25, 0.3) is 0 Å². The minimum absolute atomic E-state index is 0.102. The van der Waals surface area contributed by atoms with Gasteiger partial charge < -0.3 is 19.8 Å². The van der Waals surface area contributed by atoms with Gasteiger partial charge in [-0.3, -0.25) is 4.79 Å². The van der Waals surface area contributed by atoms with Crippen molar-refractivity contribution in [2.24, 2.45) is 5.92 Å². The SMILES string of the molecule is CCN(CC(C)C(=O)O)C(=O)N(C)CCCN(C)C. The quantitative estimate of drug-likeness (QED) is 0.717. The van der Waals surface area contributed by atoms with E-state index in [1.807, 2.05) is 21.0 Å². The molecule has 0 bridgehead atoms. The third-order valence-electron chi connectivity index (χ3n) is 2.99. The van der Waals surface area contributed by atoms with Gasteiger partial charge in [-0.05, 0) is 34.0 Å². The van der Waals surface area contributed by atoms with Gasteiger partial charge in [-0.15, -0.1) is 0 Å². The molecule has 0 aliphatic rings. The number of carboxylic acids is 1. The highest BCUT2D eigenvalue weighted by molar-refractivity contribution is 5.75. The Morgan fingerprint density at radius 2 is 1.74 bits per heavy atom. The summed E-state index contributed by atoms with van der Waals surface area (Å²) >= 11 is 0. The van der Waals surface area contributed by atoms with Crippen molar-refractivity contribution in [1.82, 2.24) is 14.7 Å². The number of carbonyl (C=O) groups excluding carboxylic acids is 1. The molecular weight excluding hydrogens is 246 g/mol. The molecule has 1 atom stereocenters. The van der Waals surface area contributed by atoms with E-state index in [4.69, 9.17) is 5.11 Å². The Bertz CT molecular complexity index is 295. The molecule has 112 valence electrons. The summed E-state index contributed by atoms with van der Waals surface area (Å²) < 4.78 is 0. The number of rotatable bonds is 8. The van der Waals surface area contributed by atoms with Crippen LogP contribution in [0.3, 0.4) is 0 Å². The molecule has 0 radical (unpaired) electrons. The van der Waals surface area contributed by atoms with Gasteiger partial charge in [-0.2, -0.15) is 0 Å². The van der Waals surface area contributed by atoms with Gasteiger partial charge in [0, 0.05) is 26.7 Å². The third-order valence-corrected chi connectivity index (χ3v) is 2.99. The second-order valence-electron chi connectivity index (χ2n) is 5.14. The topological polar surface area (TPSA) is 64.1 Å². The monoisotopic (exact) mass is 273 g/mol. The zero-order valence-corrected chi connectivity index (χ0v) is 12.7. The lowest BCUT2D eigenvalue weighted by molar-refractivity contribution is -0.141. The molecule has 6 nitrogen and oxygen atoms in total. The summed E-state index contributed by atoms with van der Waals surface area (Å²) in [6.45, 7) is 5.85. The van der Waals surface area contributed by atoms with Crippen LogP contribution in [0.5, 0.6) is 0 Å². The van der Waals surface area contributed by atoms with E-state index in [1.54, 1.807) is 23.8 Å². The molecule has 0 fully saturated rings. The van der Waals surface area contributed by atoms with Gasteiger partial charge in [0.05, 0.1) is 5.92 Å². The minimum atomic E-state index is -0.874. The van der Waals surface area contributed by atoms with E-state index < -0.39 is 11.9 Å². The fraction of sp³-hybridized carbons (Fsp3) is 0.846. The number of hydrogen-bond donors (Lipinski definition) is 1. The fourth-order valence-corrected chi connectivity index (χ4v) is 1.71. The molecule has 0 aliphatic heterocycles. The summed E-state index contributed by atoms with van der Waals surface area (Å²) in [5, 5.41) is 8.89. The standard InChI is InChI=1S/C13H27N3O3/c1-6-16(10-11(2)12(17)18)13(19)15(5)9-7-8-14(3)4/h11H,6-10H2,1-5H3,(H,17,18). The summed E-state index contributed by atoms with van der Waals surface area (Å²) in [4.78, 5) is 28.3. The molecule has 0 aromatic carbocycles. The van der Waals surface area contributed by atoms with E-state index in [0.717, 1.165) is 13.0 Å². The van der Waals surface area contributed by atoms with Crippen molar-refractivity contribution in [3.63, 3.8) is 0 Å². The number of aliphatic carboxylic acids is 1. The number of carboxylic acid groups (broad SMARTS) is 1. The minimum Gasteiger partial charge on any atom is -0.481 e. The van der Waals surface area contributed by atoms with Crippen molar-refractivity contribution in [1.29, 1.82) is 0 Å². The lowest BCUT2D eigenvalue weighted by Gasteiger charge is -2.28. The van der Waals surface area contributed by atoms with Crippen LogP contribution < -0.4 is 0 Å². The van der Waals surface area contributed by atoms with Crippen molar-refractivity contribution in [2.45, 2.75) is 20.3 Å². The molecule has 1 unspecified atom stereocenters. The first-order valence-electron chi connectivity index (χ1n) is 6.67. The first kappa shape index (κ1) is 17.7. The Hall–Kier alpha value is -1.30. The first-order chi connectivity index (χ1) is 8.79. The molecule has 0 aliphatic carbocycles. The number of nitrogens with zero attached hydrogens (tertiary/aromatic N) is 3. The Kier molecular flexibility index (Phi) is 8.14. The third kappa shape index (κ3) is 7.00. The van der Waals surface area contributed by atoms with Gasteiger partial charge in [-0.1, -0.05) is 6.92 Å². The fourth-order valence-electron chi connectivity index (χ4n) is 1.71. The number of urea groups is 1. The molecule has 0 heterocycles. The molecule has 6 heteroatoms. The second kappa shape index (κ2) is 8.74. The largest absolute Gasteiger partial charge is 0.481 e. The molecule has 0 aromatic rings. The highest BCUT2D eigenvalue weighted by Gasteiger charge is 2.21. The smallest absolute Gasteiger partial charge is 0.319 e. The summed E-state index contributed by atoms with van der Waals surface area (Å²) in [5.41, 5.74) is 0. The molecule has 0 saturated heterocycles. The maximum atomic E-state index is 12.2. The van der Waals surface area contributed by atoms with Crippen LogP contribution in [0.2, 0.25) is 0 Å². The van der Waals surface area contributed by atoms with Gasteiger partial charge >= 0.3 is 12.0 Å². The molecule has 0 aromatic heterocycles. The first-order valence-corrected chi connectivity index (χ1v) is 6.67. The summed E-state index contributed by atoms with van der Waals surface area (Å²) in [6.07, 6.45) is 0.904. The van der Waals surface area contributed by atoms with Gasteiger partial charge in [0.1, 0.15) is 0 Å². The molecule has 1 N–H and O–H groups in total. The molecule has 2 amide bonds. The van der Waals surface area contributed by atoms with Crippen molar-refractivity contribution >= 4 is 12.0 Å². The van der Waals surface area contributed by atoms with Crippen LogP contribution in [0.15, 0.2) is 0 Å². The molecule has 19 heavy (non-hydrogen) atoms. The molecular formula is C13H27N3O3. The number of carbonyl (C=O) groups is 2. The van der Waals surface area contributed by atoms with E-state index in [2.05, 4.69) is 4.90 Å². The highest BCUT2D eigenvalue weighted by atomic mass is 16.4. The maximum Gasteiger partial charge on any atom is 0.319 e. The van der Waals surface area contributed by atoms with Crippen molar-refractivity contribution < 1.29 is 14.7 Å². The normalized spacial score (nSPS) is 12.3. The van der Waals surface area contributed by atoms with Crippen molar-refractivity contribution in [2.75, 3.05) is 47.3 Å². The molecule has 0 saturated carbocycles. The maximum absolute atomic E-state index is 12.2.